The SMILES string of the molecule is COc1cc(S(=O)(=O)NNC(=O)c2cccc(Cl)c2)ccc1NC(C)=O. The molecule has 26 heavy (non-hydrogen) atoms. The second kappa shape index (κ2) is 8.17. The third-order valence-corrected chi connectivity index (χ3v) is 4.66. The van der Waals surface area contributed by atoms with Gasteiger partial charge in [-0.3, -0.25) is 15.0 Å². The van der Waals surface area contributed by atoms with Crippen molar-refractivity contribution in [2.45, 2.75) is 11.8 Å². The summed E-state index contributed by atoms with van der Waals surface area (Å²) in [4.78, 5) is 25.0. The number of carbonyl (C=O) groups is 2. The topological polar surface area (TPSA) is 114 Å². The average molecular weight is 398 g/mol. The molecule has 2 aromatic rings. The normalized spacial score (nSPS) is 10.9. The zero-order valence-electron chi connectivity index (χ0n) is 13.9. The maximum Gasteiger partial charge on any atom is 0.266 e. The minimum Gasteiger partial charge on any atom is -0.495 e. The predicted molar refractivity (Wildman–Crippen MR) is 96.5 cm³/mol. The predicted octanol–water partition coefficient (Wildman–Crippen LogP) is 1.93. The number of anilines is 1. The van der Waals surface area contributed by atoms with Crippen LogP contribution in [0.4, 0.5) is 5.69 Å². The van der Waals surface area contributed by atoms with Crippen molar-refractivity contribution in [3.63, 3.8) is 0 Å². The Balaban J connectivity index is 2.17. The Kier molecular flexibility index (Phi) is 6.19. The number of rotatable bonds is 6. The Morgan fingerprint density at radius 2 is 1.85 bits per heavy atom. The van der Waals surface area contributed by atoms with E-state index in [9.17, 15) is 18.0 Å². The van der Waals surface area contributed by atoms with Crippen molar-refractivity contribution >= 4 is 39.1 Å². The monoisotopic (exact) mass is 397 g/mol. The van der Waals surface area contributed by atoms with Crippen LogP contribution in [0.15, 0.2) is 47.4 Å². The highest BCUT2D eigenvalue weighted by molar-refractivity contribution is 7.89. The number of ether oxygens (including phenoxy) is 1. The van der Waals surface area contributed by atoms with Crippen LogP contribution in [0.5, 0.6) is 5.75 Å². The van der Waals surface area contributed by atoms with Crippen molar-refractivity contribution in [3.05, 3.63) is 53.1 Å². The molecule has 2 rings (SSSR count). The molecule has 8 nitrogen and oxygen atoms in total. The van der Waals surface area contributed by atoms with Crippen LogP contribution in [0.3, 0.4) is 0 Å². The number of hydrogen-bond acceptors (Lipinski definition) is 5. The summed E-state index contributed by atoms with van der Waals surface area (Å²) in [5, 5.41) is 2.86. The summed E-state index contributed by atoms with van der Waals surface area (Å²) in [6.45, 7) is 1.32. The quantitative estimate of drug-likeness (QED) is 0.644. The largest absolute Gasteiger partial charge is 0.495 e. The van der Waals surface area contributed by atoms with Gasteiger partial charge in [-0.2, -0.15) is 0 Å². The van der Waals surface area contributed by atoms with E-state index < -0.39 is 15.9 Å². The van der Waals surface area contributed by atoms with Crippen LogP contribution in [0.25, 0.3) is 0 Å². The Morgan fingerprint density at radius 3 is 2.46 bits per heavy atom. The van der Waals surface area contributed by atoms with Gasteiger partial charge in [0.1, 0.15) is 5.75 Å². The second-order valence-electron chi connectivity index (χ2n) is 5.11. The number of amides is 2. The average Bonchev–Trinajstić information content (AvgIpc) is 2.59. The van der Waals surface area contributed by atoms with Crippen molar-refractivity contribution in [2.75, 3.05) is 12.4 Å². The Bertz CT molecular complexity index is 947. The van der Waals surface area contributed by atoms with Gasteiger partial charge in [0.15, 0.2) is 0 Å². The fraction of sp³-hybridized carbons (Fsp3) is 0.125. The summed E-state index contributed by atoms with van der Waals surface area (Å²) in [7, 11) is -2.72. The Labute approximate surface area is 155 Å². The number of sulfonamides is 1. The van der Waals surface area contributed by atoms with Crippen molar-refractivity contribution in [1.82, 2.24) is 10.3 Å². The lowest BCUT2D eigenvalue weighted by Crippen LogP contribution is -2.41. The van der Waals surface area contributed by atoms with Gasteiger partial charge in [-0.1, -0.05) is 17.7 Å². The fourth-order valence-corrected chi connectivity index (χ4v) is 3.05. The van der Waals surface area contributed by atoms with E-state index in [0.29, 0.717) is 10.7 Å². The summed E-state index contributed by atoms with van der Waals surface area (Å²) in [6, 6.07) is 9.91. The van der Waals surface area contributed by atoms with Gasteiger partial charge in [0, 0.05) is 23.6 Å². The molecule has 2 amide bonds. The number of nitrogens with one attached hydrogen (secondary N) is 3. The highest BCUT2D eigenvalue weighted by Gasteiger charge is 2.18. The summed E-state index contributed by atoms with van der Waals surface area (Å²) in [5.74, 6) is -0.840. The van der Waals surface area contributed by atoms with Crippen molar-refractivity contribution in [2.24, 2.45) is 0 Å². The smallest absolute Gasteiger partial charge is 0.266 e. The van der Waals surface area contributed by atoms with E-state index in [-0.39, 0.29) is 22.1 Å². The van der Waals surface area contributed by atoms with Gasteiger partial charge in [-0.05, 0) is 30.3 Å². The van der Waals surface area contributed by atoms with Crippen molar-refractivity contribution in [1.29, 1.82) is 0 Å². The molecule has 0 spiro atoms. The van der Waals surface area contributed by atoms with Crippen LogP contribution in [-0.4, -0.2) is 27.3 Å². The van der Waals surface area contributed by atoms with Crippen molar-refractivity contribution in [3.8, 4) is 5.75 Å². The molecule has 0 radical (unpaired) electrons. The lowest BCUT2D eigenvalue weighted by Gasteiger charge is -2.12. The summed E-state index contributed by atoms with van der Waals surface area (Å²) >= 11 is 5.80. The Morgan fingerprint density at radius 1 is 1.12 bits per heavy atom. The molecule has 138 valence electrons. The van der Waals surface area contributed by atoms with Gasteiger partial charge in [0.25, 0.3) is 15.9 Å². The molecule has 0 fully saturated rings. The van der Waals surface area contributed by atoms with E-state index >= 15 is 0 Å². The number of carbonyl (C=O) groups excluding carboxylic acids is 2. The molecule has 0 aliphatic heterocycles. The number of halogens is 1. The standard InChI is InChI=1S/C16H16ClN3O5S/c1-10(21)18-14-7-6-13(9-15(14)25-2)26(23,24)20-19-16(22)11-4-3-5-12(17)8-11/h3-9,20H,1-2H3,(H,18,21)(H,19,22). The molecule has 10 heteroatoms. The zero-order valence-corrected chi connectivity index (χ0v) is 15.4. The molecule has 2 aromatic carbocycles. The van der Waals surface area contributed by atoms with Gasteiger partial charge < -0.3 is 10.1 Å². The van der Waals surface area contributed by atoms with Crippen LogP contribution in [0, 0.1) is 0 Å². The number of hydrazine groups is 1. The minimum absolute atomic E-state index is 0.157. The highest BCUT2D eigenvalue weighted by atomic mass is 35.5. The minimum atomic E-state index is -4.06. The first kappa shape index (κ1) is 19.7. The van der Waals surface area contributed by atoms with Crippen LogP contribution in [0.1, 0.15) is 17.3 Å². The van der Waals surface area contributed by atoms with E-state index in [1.54, 1.807) is 12.1 Å². The van der Waals surface area contributed by atoms with E-state index in [4.69, 9.17) is 16.3 Å². The summed E-state index contributed by atoms with van der Waals surface area (Å²) < 4.78 is 29.8. The van der Waals surface area contributed by atoms with E-state index in [1.807, 2.05) is 4.83 Å². The van der Waals surface area contributed by atoms with Crippen LogP contribution in [-0.2, 0) is 14.8 Å². The van der Waals surface area contributed by atoms with E-state index in [0.717, 1.165) is 0 Å². The zero-order chi connectivity index (χ0) is 19.3. The second-order valence-corrected chi connectivity index (χ2v) is 7.23. The lowest BCUT2D eigenvalue weighted by atomic mass is 10.2. The third kappa shape index (κ3) is 4.94. The summed E-state index contributed by atoms with van der Waals surface area (Å²) in [6.07, 6.45) is 0. The van der Waals surface area contributed by atoms with Crippen molar-refractivity contribution < 1.29 is 22.7 Å². The van der Waals surface area contributed by atoms with E-state index in [1.165, 1.54) is 44.4 Å². The number of benzene rings is 2. The summed E-state index contributed by atoms with van der Waals surface area (Å²) in [5.41, 5.74) is 2.62. The molecule has 0 heterocycles. The first-order chi connectivity index (χ1) is 12.2. The van der Waals surface area contributed by atoms with Crippen LogP contribution < -0.4 is 20.3 Å². The van der Waals surface area contributed by atoms with Gasteiger partial charge in [-0.15, -0.1) is 4.83 Å². The molecular formula is C16H16ClN3O5S. The van der Waals surface area contributed by atoms with Gasteiger partial charge in [0.2, 0.25) is 5.91 Å². The van der Waals surface area contributed by atoms with Gasteiger partial charge >= 0.3 is 0 Å². The number of methoxy groups -OCH3 is 1. The molecule has 0 atom stereocenters. The molecule has 0 saturated heterocycles. The molecule has 3 N–H and O–H groups in total. The van der Waals surface area contributed by atoms with Crippen LogP contribution >= 0.6 is 11.6 Å². The first-order valence-electron chi connectivity index (χ1n) is 7.26. The molecular weight excluding hydrogens is 382 g/mol. The first-order valence-corrected chi connectivity index (χ1v) is 9.12. The molecule has 0 aromatic heterocycles. The highest BCUT2D eigenvalue weighted by Crippen LogP contribution is 2.27. The molecule has 0 saturated carbocycles. The van der Waals surface area contributed by atoms with Crippen LogP contribution in [0.2, 0.25) is 5.02 Å². The van der Waals surface area contributed by atoms with E-state index in [2.05, 4.69) is 10.7 Å². The molecule has 0 aliphatic rings. The Hall–Kier alpha value is -2.62. The maximum atomic E-state index is 12.3. The van der Waals surface area contributed by atoms with Gasteiger partial charge in [-0.25, -0.2) is 8.42 Å². The fourth-order valence-electron chi connectivity index (χ4n) is 2.01. The molecule has 0 bridgehead atoms. The molecule has 0 unspecified atom stereocenters. The number of hydrogen-bond donors (Lipinski definition) is 3. The lowest BCUT2D eigenvalue weighted by molar-refractivity contribution is -0.114. The maximum absolute atomic E-state index is 12.3. The molecule has 0 aliphatic carbocycles. The van der Waals surface area contributed by atoms with Gasteiger partial charge in [0.05, 0.1) is 17.7 Å². The third-order valence-electron chi connectivity index (χ3n) is 3.18.